The number of nitrogens with zero attached hydrogens (tertiary/aromatic N) is 2. The van der Waals surface area contributed by atoms with Gasteiger partial charge in [-0.3, -0.25) is 9.36 Å². The van der Waals surface area contributed by atoms with Crippen LogP contribution in [0.5, 0.6) is 5.75 Å². The highest BCUT2D eigenvalue weighted by atomic mass is 16.6. The molecule has 0 radical (unpaired) electrons. The first kappa shape index (κ1) is 17.8. The lowest BCUT2D eigenvalue weighted by molar-refractivity contribution is -0.172. The molecule has 0 spiro atoms. The highest BCUT2D eigenvalue weighted by Gasteiger charge is 2.46. The number of esters is 1. The zero-order chi connectivity index (χ0) is 20.5. The van der Waals surface area contributed by atoms with Crippen molar-refractivity contribution >= 4 is 16.9 Å². The van der Waals surface area contributed by atoms with Crippen molar-refractivity contribution in [1.82, 2.24) is 9.55 Å². The Morgan fingerprint density at radius 2 is 2.10 bits per heavy atom. The number of hydrogen-bond donors (Lipinski definition) is 2. The van der Waals surface area contributed by atoms with Gasteiger partial charge in [-0.05, 0) is 36.8 Å². The van der Waals surface area contributed by atoms with E-state index in [2.05, 4.69) is 4.98 Å². The predicted molar refractivity (Wildman–Crippen MR) is 102 cm³/mol. The Morgan fingerprint density at radius 1 is 1.31 bits per heavy atom. The van der Waals surface area contributed by atoms with E-state index < -0.39 is 23.4 Å². The molecule has 0 amide bonds. The van der Waals surface area contributed by atoms with Gasteiger partial charge in [0.25, 0.3) is 5.56 Å². The normalized spacial score (nSPS) is 22.2. The van der Waals surface area contributed by atoms with Crippen LogP contribution in [0.1, 0.15) is 36.3 Å². The second kappa shape index (κ2) is 5.88. The van der Waals surface area contributed by atoms with E-state index in [-0.39, 0.29) is 29.9 Å². The van der Waals surface area contributed by atoms with Crippen LogP contribution in [0.4, 0.5) is 0 Å². The molecule has 2 atom stereocenters. The number of carbonyl (C=O) groups is 1. The van der Waals surface area contributed by atoms with E-state index >= 15 is 0 Å². The molecule has 2 aromatic heterocycles. The van der Waals surface area contributed by atoms with Crippen molar-refractivity contribution in [1.29, 1.82) is 0 Å². The van der Waals surface area contributed by atoms with E-state index in [1.54, 1.807) is 25.1 Å². The van der Waals surface area contributed by atoms with Crippen LogP contribution in [-0.4, -0.2) is 32.8 Å². The quantitative estimate of drug-likeness (QED) is 0.639. The topological polar surface area (TPSA) is 111 Å². The van der Waals surface area contributed by atoms with Crippen molar-refractivity contribution in [3.63, 3.8) is 0 Å². The number of rotatable bonds is 2. The Hall–Kier alpha value is -3.23. The zero-order valence-corrected chi connectivity index (χ0v) is 15.8. The summed E-state index contributed by atoms with van der Waals surface area (Å²) in [6, 6.07) is 8.28. The third-order valence-corrected chi connectivity index (χ3v) is 5.78. The van der Waals surface area contributed by atoms with Crippen LogP contribution in [0.2, 0.25) is 0 Å². The van der Waals surface area contributed by atoms with E-state index in [0.29, 0.717) is 27.9 Å². The summed E-state index contributed by atoms with van der Waals surface area (Å²) in [5.74, 6) is -0.652. The minimum absolute atomic E-state index is 0.0761. The molecule has 8 nitrogen and oxygen atoms in total. The maximum Gasteiger partial charge on any atom is 0.343 e. The summed E-state index contributed by atoms with van der Waals surface area (Å²) < 4.78 is 12.2. The molecule has 1 unspecified atom stereocenters. The van der Waals surface area contributed by atoms with Crippen LogP contribution in [0, 0.1) is 0 Å². The summed E-state index contributed by atoms with van der Waals surface area (Å²) in [4.78, 5) is 30.2. The first-order valence-electron chi connectivity index (χ1n) is 9.24. The van der Waals surface area contributed by atoms with E-state index in [9.17, 15) is 19.8 Å². The number of benzene rings is 1. The predicted octanol–water partition coefficient (Wildman–Crippen LogP) is 1.93. The molecule has 0 saturated carbocycles. The fraction of sp³-hybridized carbons (Fsp3) is 0.286. The van der Waals surface area contributed by atoms with Crippen LogP contribution in [0.25, 0.3) is 22.3 Å². The second-order valence-electron chi connectivity index (χ2n) is 7.28. The number of aromatic nitrogens is 2. The van der Waals surface area contributed by atoms with E-state index in [4.69, 9.17) is 9.47 Å². The van der Waals surface area contributed by atoms with Gasteiger partial charge in [0.2, 0.25) is 0 Å². The highest BCUT2D eigenvalue weighted by molar-refractivity contribution is 5.87. The highest BCUT2D eigenvalue weighted by Crippen LogP contribution is 2.42. The molecule has 1 aromatic carbocycles. The van der Waals surface area contributed by atoms with Crippen LogP contribution in [-0.2, 0) is 26.5 Å². The molecular formula is C21H18N2O6. The monoisotopic (exact) mass is 394 g/mol. The maximum absolute atomic E-state index is 13.3. The largest absolute Gasteiger partial charge is 0.508 e. The summed E-state index contributed by atoms with van der Waals surface area (Å²) in [5.41, 5.74) is 0.513. The molecule has 2 N–H and O–H groups in total. The zero-order valence-electron chi connectivity index (χ0n) is 15.8. The molecule has 2 aliphatic heterocycles. The number of hydrogen-bond acceptors (Lipinski definition) is 7. The molecule has 8 heteroatoms. The molecular weight excluding hydrogens is 376 g/mol. The van der Waals surface area contributed by atoms with Crippen molar-refractivity contribution in [2.75, 3.05) is 7.11 Å². The SMILES string of the molecule is CC[C@@]1(O)C(=O)OCc2c1cc1n(c2=O)C(OC)c2cc3cc(O)ccc3nc2-1. The van der Waals surface area contributed by atoms with Crippen LogP contribution in [0.3, 0.4) is 0 Å². The number of cyclic esters (lactones) is 1. The fourth-order valence-electron chi connectivity index (χ4n) is 4.23. The number of pyridine rings is 2. The summed E-state index contributed by atoms with van der Waals surface area (Å²) in [6.45, 7) is 1.46. The summed E-state index contributed by atoms with van der Waals surface area (Å²) in [7, 11) is 1.49. The van der Waals surface area contributed by atoms with E-state index in [1.807, 2.05) is 6.07 Å². The van der Waals surface area contributed by atoms with Crippen molar-refractivity contribution in [2.45, 2.75) is 31.8 Å². The fourth-order valence-corrected chi connectivity index (χ4v) is 4.23. The molecule has 29 heavy (non-hydrogen) atoms. The van der Waals surface area contributed by atoms with Gasteiger partial charge >= 0.3 is 5.97 Å². The van der Waals surface area contributed by atoms with E-state index in [1.165, 1.54) is 17.7 Å². The van der Waals surface area contributed by atoms with Gasteiger partial charge in [-0.25, -0.2) is 9.78 Å². The first-order chi connectivity index (χ1) is 13.9. The minimum Gasteiger partial charge on any atom is -0.508 e. The van der Waals surface area contributed by atoms with Crippen molar-refractivity contribution in [3.05, 3.63) is 57.4 Å². The number of phenols is 1. The van der Waals surface area contributed by atoms with Gasteiger partial charge in [-0.1, -0.05) is 6.92 Å². The molecule has 0 aliphatic carbocycles. The molecule has 3 aromatic rings. The Balaban J connectivity index is 1.85. The van der Waals surface area contributed by atoms with Crippen molar-refractivity contribution < 1.29 is 24.5 Å². The molecule has 0 saturated heterocycles. The number of ether oxygens (including phenoxy) is 2. The van der Waals surface area contributed by atoms with E-state index in [0.717, 1.165) is 0 Å². The minimum atomic E-state index is -1.88. The third kappa shape index (κ3) is 2.24. The van der Waals surface area contributed by atoms with Gasteiger partial charge < -0.3 is 19.7 Å². The van der Waals surface area contributed by atoms with Crippen LogP contribution >= 0.6 is 0 Å². The van der Waals surface area contributed by atoms with Gasteiger partial charge in [0.1, 0.15) is 12.4 Å². The summed E-state index contributed by atoms with van der Waals surface area (Å²) >= 11 is 0. The summed E-state index contributed by atoms with van der Waals surface area (Å²) in [5, 5.41) is 21.4. The molecule has 0 fully saturated rings. The van der Waals surface area contributed by atoms with Crippen molar-refractivity contribution in [3.8, 4) is 17.1 Å². The third-order valence-electron chi connectivity index (χ3n) is 5.78. The Kier molecular flexibility index (Phi) is 3.62. The van der Waals surface area contributed by atoms with Gasteiger partial charge in [0, 0.05) is 23.6 Å². The second-order valence-corrected chi connectivity index (χ2v) is 7.28. The Labute approximate surface area is 165 Å². The Morgan fingerprint density at radius 3 is 2.83 bits per heavy atom. The molecule has 4 heterocycles. The Bertz CT molecular complexity index is 1260. The number of fused-ring (bicyclic) bond motifs is 5. The van der Waals surface area contributed by atoms with Crippen LogP contribution in [0.15, 0.2) is 35.1 Å². The first-order valence-corrected chi connectivity index (χ1v) is 9.24. The number of aromatic hydroxyl groups is 1. The van der Waals surface area contributed by atoms with Crippen LogP contribution < -0.4 is 5.56 Å². The summed E-state index contributed by atoms with van der Waals surface area (Å²) in [6.07, 6.45) is -0.642. The number of aliphatic hydroxyl groups is 1. The van der Waals surface area contributed by atoms with Gasteiger partial charge in [0.05, 0.1) is 22.5 Å². The average molecular weight is 394 g/mol. The number of methoxy groups -OCH3 is 1. The van der Waals surface area contributed by atoms with Gasteiger partial charge in [-0.2, -0.15) is 0 Å². The number of phenolic OH excluding ortho intramolecular Hbond substituents is 1. The average Bonchev–Trinajstić information content (AvgIpc) is 3.02. The molecule has 2 aliphatic rings. The number of carbonyl (C=O) groups excluding carboxylic acids is 1. The van der Waals surface area contributed by atoms with Gasteiger partial charge in [0.15, 0.2) is 11.8 Å². The maximum atomic E-state index is 13.3. The lowest BCUT2D eigenvalue weighted by atomic mass is 9.86. The smallest absolute Gasteiger partial charge is 0.343 e. The molecule has 0 bridgehead atoms. The van der Waals surface area contributed by atoms with Crippen molar-refractivity contribution in [2.24, 2.45) is 0 Å². The molecule has 5 rings (SSSR count). The molecule has 148 valence electrons. The lowest BCUT2D eigenvalue weighted by Crippen LogP contribution is -2.44. The lowest BCUT2D eigenvalue weighted by Gasteiger charge is -2.32. The standard InChI is InChI=1S/C21H18N2O6/c1-3-21(27)14-8-16-17-12(7-10-6-11(24)4-5-15(10)22-17)19(28-2)23(16)18(25)13(14)9-29-20(21)26/h4-8,19,24,27H,3,9H2,1-2H3/t19?,21-/m0/s1. The van der Waals surface area contributed by atoms with Gasteiger partial charge in [-0.15, -0.1) is 0 Å².